The van der Waals surface area contributed by atoms with Crippen LogP contribution in [0.4, 0.5) is 0 Å². The van der Waals surface area contributed by atoms with E-state index in [2.05, 4.69) is 13.0 Å². The van der Waals surface area contributed by atoms with E-state index in [9.17, 15) is 0 Å². The van der Waals surface area contributed by atoms with Crippen molar-refractivity contribution in [2.75, 3.05) is 13.7 Å². The van der Waals surface area contributed by atoms with E-state index >= 15 is 0 Å². The molecule has 0 bridgehead atoms. The third-order valence-electron chi connectivity index (χ3n) is 3.20. The van der Waals surface area contributed by atoms with E-state index < -0.39 is 0 Å². The van der Waals surface area contributed by atoms with Gasteiger partial charge in [-0.15, -0.1) is 0 Å². The van der Waals surface area contributed by atoms with Crippen LogP contribution in [0.15, 0.2) is 24.3 Å². The van der Waals surface area contributed by atoms with E-state index in [-0.39, 0.29) is 12.0 Å². The van der Waals surface area contributed by atoms with Gasteiger partial charge < -0.3 is 16.2 Å². The molecule has 17 heavy (non-hydrogen) atoms. The van der Waals surface area contributed by atoms with E-state index in [0.717, 1.165) is 30.6 Å². The Morgan fingerprint density at radius 1 is 1.29 bits per heavy atom. The van der Waals surface area contributed by atoms with Crippen LogP contribution < -0.4 is 16.2 Å². The van der Waals surface area contributed by atoms with Gasteiger partial charge in [0, 0.05) is 18.5 Å². The summed E-state index contributed by atoms with van der Waals surface area (Å²) < 4.78 is 5.37. The largest absolute Gasteiger partial charge is 0.496 e. The summed E-state index contributed by atoms with van der Waals surface area (Å²) in [7, 11) is 1.68. The average molecular weight is 236 g/mol. The van der Waals surface area contributed by atoms with E-state index in [1.165, 1.54) is 0 Å². The highest BCUT2D eigenvalue weighted by Crippen LogP contribution is 2.29. The second kappa shape index (κ2) is 7.30. The highest BCUT2D eigenvalue weighted by atomic mass is 16.5. The number of methoxy groups -OCH3 is 1. The van der Waals surface area contributed by atoms with Crippen molar-refractivity contribution >= 4 is 0 Å². The lowest BCUT2D eigenvalue weighted by molar-refractivity contribution is 0.396. The first-order valence-corrected chi connectivity index (χ1v) is 6.33. The fourth-order valence-corrected chi connectivity index (χ4v) is 2.15. The second-order valence-electron chi connectivity index (χ2n) is 4.39. The van der Waals surface area contributed by atoms with Gasteiger partial charge in [0.05, 0.1) is 7.11 Å². The summed E-state index contributed by atoms with van der Waals surface area (Å²) in [5.41, 5.74) is 13.2. The van der Waals surface area contributed by atoms with Gasteiger partial charge in [0.1, 0.15) is 5.75 Å². The van der Waals surface area contributed by atoms with E-state index in [1.807, 2.05) is 18.2 Å². The first-order valence-electron chi connectivity index (χ1n) is 6.33. The van der Waals surface area contributed by atoms with E-state index in [0.29, 0.717) is 6.54 Å². The fraction of sp³-hybridized carbons (Fsp3) is 0.571. The van der Waals surface area contributed by atoms with Crippen LogP contribution in [0, 0.1) is 0 Å². The van der Waals surface area contributed by atoms with Gasteiger partial charge in [0.2, 0.25) is 0 Å². The topological polar surface area (TPSA) is 61.3 Å². The number of unbranched alkanes of at least 4 members (excludes halogenated alkanes) is 1. The summed E-state index contributed by atoms with van der Waals surface area (Å²) in [6.45, 7) is 2.73. The van der Waals surface area contributed by atoms with Crippen molar-refractivity contribution < 1.29 is 4.74 Å². The molecule has 2 unspecified atom stereocenters. The first-order chi connectivity index (χ1) is 8.24. The maximum absolute atomic E-state index is 6.23. The Labute approximate surface area is 104 Å². The number of nitrogens with two attached hydrogens (primary N) is 2. The summed E-state index contributed by atoms with van der Waals surface area (Å²) in [4.78, 5) is 0. The van der Waals surface area contributed by atoms with Crippen LogP contribution in [0.1, 0.15) is 37.7 Å². The molecule has 3 heteroatoms. The number of benzene rings is 1. The molecular weight excluding hydrogens is 212 g/mol. The van der Waals surface area contributed by atoms with Crippen LogP contribution in [0.2, 0.25) is 0 Å². The minimum Gasteiger partial charge on any atom is -0.496 e. The molecule has 4 N–H and O–H groups in total. The van der Waals surface area contributed by atoms with Crippen molar-refractivity contribution in [2.45, 2.75) is 38.1 Å². The zero-order chi connectivity index (χ0) is 12.7. The molecule has 0 aliphatic heterocycles. The van der Waals surface area contributed by atoms with Crippen molar-refractivity contribution in [3.63, 3.8) is 0 Å². The van der Waals surface area contributed by atoms with Crippen molar-refractivity contribution in [2.24, 2.45) is 11.5 Å². The molecule has 0 aromatic heterocycles. The molecule has 3 nitrogen and oxygen atoms in total. The summed E-state index contributed by atoms with van der Waals surface area (Å²) in [5, 5.41) is 0. The van der Waals surface area contributed by atoms with Crippen LogP contribution in [-0.4, -0.2) is 19.7 Å². The van der Waals surface area contributed by atoms with Crippen LogP contribution in [0.25, 0.3) is 0 Å². The molecule has 96 valence electrons. The standard InChI is InChI=1S/C14H24N2O/c1-3-4-8-13(16)12(10-15)11-7-5-6-9-14(11)17-2/h5-7,9,12-13H,3-4,8,10,15-16H2,1-2H3. The highest BCUT2D eigenvalue weighted by Gasteiger charge is 2.20. The number of hydrogen-bond donors (Lipinski definition) is 2. The predicted molar refractivity (Wildman–Crippen MR) is 72.3 cm³/mol. The van der Waals surface area contributed by atoms with Crippen molar-refractivity contribution in [1.29, 1.82) is 0 Å². The monoisotopic (exact) mass is 236 g/mol. The molecule has 0 aliphatic carbocycles. The number of ether oxygens (including phenoxy) is 1. The van der Waals surface area contributed by atoms with Crippen molar-refractivity contribution in [3.8, 4) is 5.75 Å². The molecule has 0 fully saturated rings. The molecular formula is C14H24N2O. The number of rotatable bonds is 7. The van der Waals surface area contributed by atoms with Gasteiger partial charge in [-0.2, -0.15) is 0 Å². The van der Waals surface area contributed by atoms with Gasteiger partial charge >= 0.3 is 0 Å². The molecule has 1 aromatic rings. The Morgan fingerprint density at radius 2 is 2.00 bits per heavy atom. The maximum atomic E-state index is 6.23. The lowest BCUT2D eigenvalue weighted by Gasteiger charge is -2.24. The molecule has 0 spiro atoms. The number of hydrogen-bond acceptors (Lipinski definition) is 3. The lowest BCUT2D eigenvalue weighted by atomic mass is 9.88. The molecule has 1 aromatic carbocycles. The quantitative estimate of drug-likeness (QED) is 0.763. The van der Waals surface area contributed by atoms with Crippen LogP contribution in [0.5, 0.6) is 5.75 Å². The Kier molecular flexibility index (Phi) is 6.01. The molecule has 2 atom stereocenters. The molecule has 0 radical (unpaired) electrons. The first kappa shape index (κ1) is 14.0. The smallest absolute Gasteiger partial charge is 0.122 e. The Balaban J connectivity index is 2.84. The van der Waals surface area contributed by atoms with Gasteiger partial charge in [-0.3, -0.25) is 0 Å². The van der Waals surface area contributed by atoms with Crippen molar-refractivity contribution in [3.05, 3.63) is 29.8 Å². The fourth-order valence-electron chi connectivity index (χ4n) is 2.15. The third kappa shape index (κ3) is 3.72. The van der Waals surface area contributed by atoms with E-state index in [4.69, 9.17) is 16.2 Å². The molecule has 0 heterocycles. The zero-order valence-electron chi connectivity index (χ0n) is 10.9. The van der Waals surface area contributed by atoms with Crippen LogP contribution in [0.3, 0.4) is 0 Å². The average Bonchev–Trinajstić information content (AvgIpc) is 2.37. The van der Waals surface area contributed by atoms with E-state index in [1.54, 1.807) is 7.11 Å². The van der Waals surface area contributed by atoms with Crippen LogP contribution in [-0.2, 0) is 0 Å². The van der Waals surface area contributed by atoms with Gasteiger partial charge in [-0.05, 0) is 18.1 Å². The molecule has 1 rings (SSSR count). The molecule has 0 saturated carbocycles. The summed E-state index contributed by atoms with van der Waals surface area (Å²) >= 11 is 0. The summed E-state index contributed by atoms with van der Waals surface area (Å²) in [6, 6.07) is 8.10. The Bertz CT molecular complexity index is 328. The molecule has 0 amide bonds. The van der Waals surface area contributed by atoms with Gasteiger partial charge in [-0.25, -0.2) is 0 Å². The lowest BCUT2D eigenvalue weighted by Crippen LogP contribution is -2.33. The molecule has 0 aliphatic rings. The summed E-state index contributed by atoms with van der Waals surface area (Å²) in [6.07, 6.45) is 3.32. The predicted octanol–water partition coefficient (Wildman–Crippen LogP) is 2.25. The third-order valence-corrected chi connectivity index (χ3v) is 3.20. The highest BCUT2D eigenvalue weighted by molar-refractivity contribution is 5.37. The number of para-hydroxylation sites is 1. The zero-order valence-corrected chi connectivity index (χ0v) is 10.9. The SMILES string of the molecule is CCCCC(N)C(CN)c1ccccc1OC. The van der Waals surface area contributed by atoms with Gasteiger partial charge in [-0.1, -0.05) is 38.0 Å². The Hall–Kier alpha value is -1.06. The molecule has 0 saturated heterocycles. The summed E-state index contributed by atoms with van der Waals surface area (Å²) in [5.74, 6) is 1.06. The Morgan fingerprint density at radius 3 is 2.59 bits per heavy atom. The van der Waals surface area contributed by atoms with Gasteiger partial charge in [0.25, 0.3) is 0 Å². The minimum absolute atomic E-state index is 0.108. The normalized spacial score (nSPS) is 14.4. The van der Waals surface area contributed by atoms with Gasteiger partial charge in [0.15, 0.2) is 0 Å². The van der Waals surface area contributed by atoms with Crippen LogP contribution >= 0.6 is 0 Å². The maximum Gasteiger partial charge on any atom is 0.122 e. The van der Waals surface area contributed by atoms with Crippen molar-refractivity contribution in [1.82, 2.24) is 0 Å². The second-order valence-corrected chi connectivity index (χ2v) is 4.39. The minimum atomic E-state index is 0.108.